The first-order valence-electron chi connectivity index (χ1n) is 6.02. The van der Waals surface area contributed by atoms with Crippen molar-refractivity contribution in [1.29, 1.82) is 0 Å². The van der Waals surface area contributed by atoms with Gasteiger partial charge in [0, 0.05) is 21.4 Å². The van der Waals surface area contributed by atoms with Crippen molar-refractivity contribution in [2.45, 2.75) is 11.8 Å². The van der Waals surface area contributed by atoms with Crippen molar-refractivity contribution in [3.8, 4) is 5.75 Å². The van der Waals surface area contributed by atoms with Gasteiger partial charge in [0.1, 0.15) is 5.75 Å². The first-order valence-corrected chi connectivity index (χ1v) is 7.39. The molecule has 2 aromatic carbocycles. The lowest BCUT2D eigenvalue weighted by Gasteiger charge is -2.08. The zero-order valence-corrected chi connectivity index (χ0v) is 12.3. The van der Waals surface area contributed by atoms with Crippen LogP contribution in [0, 0.1) is 6.92 Å². The first kappa shape index (κ1) is 14.1. The third-order valence-corrected chi connectivity index (χ3v) is 3.89. The molecular weight excluding hydrogens is 278 g/mol. The molecule has 2 N–H and O–H groups in total. The Labute approximate surface area is 122 Å². The largest absolute Gasteiger partial charge is 0.493 e. The van der Waals surface area contributed by atoms with Crippen LogP contribution in [0.25, 0.3) is 0 Å². The van der Waals surface area contributed by atoms with E-state index < -0.39 is 0 Å². The maximum atomic E-state index is 5.96. The molecule has 0 amide bonds. The molecule has 0 radical (unpaired) electrons. The fraction of sp³-hybridized carbons (Fsp3) is 0.200. The minimum Gasteiger partial charge on any atom is -0.493 e. The zero-order chi connectivity index (χ0) is 13.7. The van der Waals surface area contributed by atoms with E-state index in [9.17, 15) is 0 Å². The van der Waals surface area contributed by atoms with Crippen molar-refractivity contribution in [2.24, 2.45) is 0 Å². The summed E-state index contributed by atoms with van der Waals surface area (Å²) in [6.07, 6.45) is 0. The van der Waals surface area contributed by atoms with E-state index in [1.54, 1.807) is 11.8 Å². The summed E-state index contributed by atoms with van der Waals surface area (Å²) in [5, 5.41) is 0.717. The fourth-order valence-corrected chi connectivity index (χ4v) is 2.54. The van der Waals surface area contributed by atoms with Crippen molar-refractivity contribution < 1.29 is 4.74 Å². The highest BCUT2D eigenvalue weighted by molar-refractivity contribution is 7.99. The van der Waals surface area contributed by atoms with Gasteiger partial charge in [0.2, 0.25) is 0 Å². The van der Waals surface area contributed by atoms with Crippen LogP contribution in [0.3, 0.4) is 0 Å². The monoisotopic (exact) mass is 293 g/mol. The highest BCUT2D eigenvalue weighted by Crippen LogP contribution is 2.25. The highest BCUT2D eigenvalue weighted by atomic mass is 35.5. The number of hydrogen-bond acceptors (Lipinski definition) is 3. The number of halogens is 1. The van der Waals surface area contributed by atoms with Crippen LogP contribution in [-0.2, 0) is 0 Å². The van der Waals surface area contributed by atoms with Crippen LogP contribution in [0.1, 0.15) is 5.56 Å². The minimum atomic E-state index is 0.639. The van der Waals surface area contributed by atoms with E-state index in [2.05, 4.69) is 12.1 Å². The normalized spacial score (nSPS) is 10.4. The smallest absolute Gasteiger partial charge is 0.119 e. The Kier molecular flexibility index (Phi) is 5.00. The summed E-state index contributed by atoms with van der Waals surface area (Å²) < 4.78 is 5.63. The molecule has 2 rings (SSSR count). The first-order chi connectivity index (χ1) is 9.15. The molecule has 0 atom stereocenters. The Balaban J connectivity index is 1.79. The fourth-order valence-electron chi connectivity index (χ4n) is 1.64. The van der Waals surface area contributed by atoms with E-state index in [0.717, 1.165) is 22.1 Å². The van der Waals surface area contributed by atoms with E-state index in [4.69, 9.17) is 22.1 Å². The second kappa shape index (κ2) is 6.73. The highest BCUT2D eigenvalue weighted by Gasteiger charge is 2.00. The lowest BCUT2D eigenvalue weighted by atomic mass is 10.2. The zero-order valence-electron chi connectivity index (χ0n) is 10.7. The van der Waals surface area contributed by atoms with Crippen LogP contribution < -0.4 is 10.5 Å². The van der Waals surface area contributed by atoms with Gasteiger partial charge >= 0.3 is 0 Å². The van der Waals surface area contributed by atoms with Crippen molar-refractivity contribution in [2.75, 3.05) is 18.1 Å². The molecule has 0 saturated carbocycles. The van der Waals surface area contributed by atoms with Crippen molar-refractivity contribution in [3.63, 3.8) is 0 Å². The molecule has 0 spiro atoms. The number of ether oxygens (including phenoxy) is 1. The molecule has 100 valence electrons. The average molecular weight is 294 g/mol. The topological polar surface area (TPSA) is 35.2 Å². The number of aryl methyl sites for hydroxylation is 1. The number of benzene rings is 2. The van der Waals surface area contributed by atoms with E-state index in [-0.39, 0.29) is 0 Å². The quantitative estimate of drug-likeness (QED) is 0.504. The second-order valence-corrected chi connectivity index (χ2v) is 5.77. The molecule has 0 aliphatic heterocycles. The molecule has 0 aliphatic rings. The molecule has 0 heterocycles. The minimum absolute atomic E-state index is 0.639. The number of rotatable bonds is 5. The SMILES string of the molecule is Cc1ccc(SCCOc2ccc(Cl)cc2)c(N)c1. The molecule has 0 aromatic heterocycles. The van der Waals surface area contributed by atoms with Crippen LogP contribution in [0.15, 0.2) is 47.4 Å². The standard InChI is InChI=1S/C15H16ClNOS/c1-11-2-7-15(14(17)10-11)19-9-8-18-13-5-3-12(16)4-6-13/h2-7,10H,8-9,17H2,1H3. The molecule has 19 heavy (non-hydrogen) atoms. The van der Waals surface area contributed by atoms with Gasteiger partial charge in [0.15, 0.2) is 0 Å². The summed E-state index contributed by atoms with van der Waals surface area (Å²) in [5.41, 5.74) is 7.97. The predicted molar refractivity (Wildman–Crippen MR) is 83.3 cm³/mol. The maximum Gasteiger partial charge on any atom is 0.119 e. The van der Waals surface area contributed by atoms with E-state index in [1.807, 2.05) is 37.3 Å². The molecule has 0 unspecified atom stereocenters. The molecule has 0 aliphatic carbocycles. The van der Waals surface area contributed by atoms with Gasteiger partial charge in [-0.3, -0.25) is 0 Å². The molecule has 2 aromatic rings. The number of nitrogens with two attached hydrogens (primary N) is 1. The molecule has 4 heteroatoms. The lowest BCUT2D eigenvalue weighted by Crippen LogP contribution is -2.00. The number of hydrogen-bond donors (Lipinski definition) is 1. The third kappa shape index (κ3) is 4.37. The van der Waals surface area contributed by atoms with Gasteiger partial charge in [-0.2, -0.15) is 0 Å². The summed E-state index contributed by atoms with van der Waals surface area (Å²) in [6.45, 7) is 2.67. The number of thioether (sulfide) groups is 1. The van der Waals surface area contributed by atoms with E-state index in [0.29, 0.717) is 11.6 Å². The summed E-state index contributed by atoms with van der Waals surface area (Å²) in [7, 11) is 0. The van der Waals surface area contributed by atoms with Gasteiger partial charge < -0.3 is 10.5 Å². The Hall–Kier alpha value is -1.32. The predicted octanol–water partition coefficient (Wildman–Crippen LogP) is 4.40. The summed E-state index contributed by atoms with van der Waals surface area (Å²) in [4.78, 5) is 1.10. The molecular formula is C15H16ClNOS. The van der Waals surface area contributed by atoms with Gasteiger partial charge in [0.05, 0.1) is 6.61 Å². The number of anilines is 1. The number of nitrogen functional groups attached to an aromatic ring is 1. The van der Waals surface area contributed by atoms with E-state index >= 15 is 0 Å². The lowest BCUT2D eigenvalue weighted by molar-refractivity contribution is 0.344. The summed E-state index contributed by atoms with van der Waals surface area (Å²) in [6, 6.07) is 13.5. The molecule has 0 bridgehead atoms. The Morgan fingerprint density at radius 3 is 2.58 bits per heavy atom. The van der Waals surface area contributed by atoms with Gasteiger partial charge in [-0.1, -0.05) is 17.7 Å². The Bertz CT molecular complexity index is 542. The van der Waals surface area contributed by atoms with E-state index in [1.165, 1.54) is 5.56 Å². The van der Waals surface area contributed by atoms with Crippen LogP contribution in [0.4, 0.5) is 5.69 Å². The Morgan fingerprint density at radius 1 is 1.16 bits per heavy atom. The molecule has 0 saturated heterocycles. The van der Waals surface area contributed by atoms with Gasteiger partial charge in [0.25, 0.3) is 0 Å². The van der Waals surface area contributed by atoms with Crippen molar-refractivity contribution in [3.05, 3.63) is 53.1 Å². The third-order valence-electron chi connectivity index (χ3n) is 2.59. The molecule has 0 fully saturated rings. The van der Waals surface area contributed by atoms with Crippen LogP contribution in [0.2, 0.25) is 5.02 Å². The van der Waals surface area contributed by atoms with Crippen LogP contribution in [0.5, 0.6) is 5.75 Å². The van der Waals surface area contributed by atoms with Gasteiger partial charge in [-0.15, -0.1) is 11.8 Å². The molecule has 2 nitrogen and oxygen atoms in total. The van der Waals surface area contributed by atoms with Gasteiger partial charge in [-0.05, 0) is 48.9 Å². The van der Waals surface area contributed by atoms with Crippen LogP contribution in [-0.4, -0.2) is 12.4 Å². The summed E-state index contributed by atoms with van der Waals surface area (Å²) >= 11 is 7.51. The average Bonchev–Trinajstić information content (AvgIpc) is 2.39. The summed E-state index contributed by atoms with van der Waals surface area (Å²) in [5.74, 6) is 1.69. The van der Waals surface area contributed by atoms with Crippen molar-refractivity contribution >= 4 is 29.1 Å². The second-order valence-electron chi connectivity index (χ2n) is 4.19. The Morgan fingerprint density at radius 2 is 1.89 bits per heavy atom. The van der Waals surface area contributed by atoms with Gasteiger partial charge in [-0.25, -0.2) is 0 Å². The van der Waals surface area contributed by atoms with Crippen molar-refractivity contribution in [1.82, 2.24) is 0 Å². The maximum absolute atomic E-state index is 5.96. The van der Waals surface area contributed by atoms with Crippen LogP contribution >= 0.6 is 23.4 Å².